The average molecular weight is 308 g/mol. The molecule has 20 heavy (non-hydrogen) atoms. The summed E-state index contributed by atoms with van der Waals surface area (Å²) in [6.45, 7) is 4.04. The number of halogens is 2. The third kappa shape index (κ3) is 2.13. The quantitative estimate of drug-likeness (QED) is 0.678. The van der Waals surface area contributed by atoms with Gasteiger partial charge in [0.05, 0.1) is 10.0 Å². The lowest BCUT2D eigenvalue weighted by Gasteiger charge is -2.01. The molecule has 2 aromatic carbocycles. The van der Waals surface area contributed by atoms with Crippen LogP contribution in [-0.4, -0.2) is 10.1 Å². The molecule has 5 heteroatoms. The molecule has 0 fully saturated rings. The second kappa shape index (κ2) is 4.69. The molecule has 0 radical (unpaired) electrons. The van der Waals surface area contributed by atoms with Gasteiger partial charge in [-0.25, -0.2) is 4.98 Å². The number of benzene rings is 2. The van der Waals surface area contributed by atoms with Crippen LogP contribution in [0.1, 0.15) is 11.1 Å². The normalized spacial score (nSPS) is 11.2. The number of aryl methyl sites for hydroxylation is 2. The summed E-state index contributed by atoms with van der Waals surface area (Å²) in [5.74, 6) is 0.286. The number of fused-ring (bicyclic) bond motifs is 1. The molecule has 1 heterocycles. The highest BCUT2D eigenvalue weighted by Gasteiger charge is 2.13. The molecule has 1 N–H and O–H groups in total. The van der Waals surface area contributed by atoms with Crippen LogP contribution in [0.3, 0.4) is 0 Å². The second-order valence-corrected chi connectivity index (χ2v) is 5.53. The predicted molar refractivity (Wildman–Crippen MR) is 80.6 cm³/mol. The molecular weight excluding hydrogens is 297 g/mol. The van der Waals surface area contributed by atoms with E-state index in [4.69, 9.17) is 27.6 Å². The highest BCUT2D eigenvalue weighted by molar-refractivity contribution is 6.37. The van der Waals surface area contributed by atoms with Crippen LogP contribution in [0.5, 0.6) is 5.75 Å². The van der Waals surface area contributed by atoms with Crippen molar-refractivity contribution in [3.63, 3.8) is 0 Å². The van der Waals surface area contributed by atoms with Crippen molar-refractivity contribution < 1.29 is 9.52 Å². The zero-order chi connectivity index (χ0) is 14.4. The summed E-state index contributed by atoms with van der Waals surface area (Å²) in [5, 5.41) is 9.91. The van der Waals surface area contributed by atoms with Gasteiger partial charge in [0.2, 0.25) is 5.89 Å². The van der Waals surface area contributed by atoms with Gasteiger partial charge in [0.1, 0.15) is 5.52 Å². The molecule has 0 atom stereocenters. The minimum absolute atomic E-state index is 0.139. The Morgan fingerprint density at radius 1 is 1.00 bits per heavy atom. The minimum atomic E-state index is -0.139. The molecular formula is C15H11Cl2NO2. The van der Waals surface area contributed by atoms with Gasteiger partial charge in [0.25, 0.3) is 0 Å². The number of aromatic hydroxyl groups is 1. The first-order valence-electron chi connectivity index (χ1n) is 6.02. The number of aromatic nitrogens is 1. The maximum absolute atomic E-state index is 9.58. The van der Waals surface area contributed by atoms with Crippen LogP contribution in [0, 0.1) is 13.8 Å². The van der Waals surface area contributed by atoms with Crippen LogP contribution in [-0.2, 0) is 0 Å². The van der Waals surface area contributed by atoms with E-state index in [2.05, 4.69) is 4.98 Å². The summed E-state index contributed by atoms with van der Waals surface area (Å²) < 4.78 is 5.73. The van der Waals surface area contributed by atoms with Crippen molar-refractivity contribution in [2.75, 3.05) is 0 Å². The molecule has 0 saturated carbocycles. The summed E-state index contributed by atoms with van der Waals surface area (Å²) in [7, 11) is 0. The van der Waals surface area contributed by atoms with E-state index in [0.29, 0.717) is 17.0 Å². The minimum Gasteiger partial charge on any atom is -0.505 e. The van der Waals surface area contributed by atoms with Crippen molar-refractivity contribution in [3.05, 3.63) is 45.4 Å². The Morgan fingerprint density at radius 2 is 1.60 bits per heavy atom. The summed E-state index contributed by atoms with van der Waals surface area (Å²) in [5.41, 5.74) is 4.41. The molecule has 0 aliphatic carbocycles. The van der Waals surface area contributed by atoms with Gasteiger partial charge in [-0.05, 0) is 49.2 Å². The molecule has 3 nitrogen and oxygen atoms in total. The zero-order valence-corrected chi connectivity index (χ0v) is 12.4. The van der Waals surface area contributed by atoms with Crippen molar-refractivity contribution in [1.82, 2.24) is 4.98 Å². The third-order valence-corrected chi connectivity index (χ3v) is 3.84. The Balaban J connectivity index is 2.20. The Labute approximate surface area is 125 Å². The fraction of sp³-hybridized carbons (Fsp3) is 0.133. The molecule has 0 unspecified atom stereocenters. The first kappa shape index (κ1) is 13.3. The lowest BCUT2D eigenvalue weighted by molar-refractivity contribution is 0.476. The van der Waals surface area contributed by atoms with Gasteiger partial charge in [0, 0.05) is 5.56 Å². The van der Waals surface area contributed by atoms with Crippen LogP contribution >= 0.6 is 23.2 Å². The van der Waals surface area contributed by atoms with Crippen LogP contribution < -0.4 is 0 Å². The van der Waals surface area contributed by atoms with Crippen LogP contribution in [0.15, 0.2) is 28.7 Å². The van der Waals surface area contributed by atoms with E-state index in [1.165, 1.54) is 0 Å². The van der Waals surface area contributed by atoms with Gasteiger partial charge in [-0.1, -0.05) is 23.2 Å². The SMILES string of the molecule is Cc1cc2nc(-c3cc(Cl)c(O)c(Cl)c3)oc2cc1C. The molecule has 0 aliphatic heterocycles. The Kier molecular flexibility index (Phi) is 3.11. The van der Waals surface area contributed by atoms with Gasteiger partial charge < -0.3 is 9.52 Å². The third-order valence-electron chi connectivity index (χ3n) is 3.27. The summed E-state index contributed by atoms with van der Waals surface area (Å²) in [6, 6.07) is 7.08. The number of rotatable bonds is 1. The van der Waals surface area contributed by atoms with E-state index in [1.807, 2.05) is 26.0 Å². The Hall–Kier alpha value is -1.71. The fourth-order valence-electron chi connectivity index (χ4n) is 1.99. The maximum Gasteiger partial charge on any atom is 0.227 e. The first-order valence-corrected chi connectivity index (χ1v) is 6.77. The number of nitrogens with zero attached hydrogens (tertiary/aromatic N) is 1. The number of hydrogen-bond donors (Lipinski definition) is 1. The largest absolute Gasteiger partial charge is 0.505 e. The van der Waals surface area contributed by atoms with Crippen molar-refractivity contribution >= 4 is 34.3 Å². The van der Waals surface area contributed by atoms with E-state index in [9.17, 15) is 5.11 Å². The van der Waals surface area contributed by atoms with Gasteiger partial charge in [-0.15, -0.1) is 0 Å². The Morgan fingerprint density at radius 3 is 2.25 bits per heavy atom. The molecule has 0 bridgehead atoms. The van der Waals surface area contributed by atoms with E-state index >= 15 is 0 Å². The van der Waals surface area contributed by atoms with Gasteiger partial charge in [0.15, 0.2) is 11.3 Å². The molecule has 0 amide bonds. The predicted octanol–water partition coefficient (Wildman–Crippen LogP) is 5.12. The lowest BCUT2D eigenvalue weighted by Crippen LogP contribution is -1.80. The number of phenolic OH excluding ortho intramolecular Hbond substituents is 1. The van der Waals surface area contributed by atoms with E-state index < -0.39 is 0 Å². The molecule has 0 aliphatic rings. The van der Waals surface area contributed by atoms with Crippen molar-refractivity contribution in [2.24, 2.45) is 0 Å². The highest BCUT2D eigenvalue weighted by atomic mass is 35.5. The molecule has 0 saturated heterocycles. The molecule has 1 aromatic heterocycles. The first-order chi connectivity index (χ1) is 9.45. The number of phenols is 1. The smallest absolute Gasteiger partial charge is 0.227 e. The summed E-state index contributed by atoms with van der Waals surface area (Å²) in [4.78, 5) is 4.43. The monoisotopic (exact) mass is 307 g/mol. The number of oxazole rings is 1. The topological polar surface area (TPSA) is 46.3 Å². The van der Waals surface area contributed by atoms with Crippen LogP contribution in [0.4, 0.5) is 0 Å². The van der Waals surface area contributed by atoms with Crippen LogP contribution in [0.25, 0.3) is 22.6 Å². The zero-order valence-electron chi connectivity index (χ0n) is 10.9. The standard InChI is InChI=1S/C15H11Cl2NO2/c1-7-3-12-13(4-8(7)2)20-15(18-12)9-5-10(16)14(19)11(17)6-9/h3-6,19H,1-2H3. The summed E-state index contributed by atoms with van der Waals surface area (Å²) >= 11 is 11.8. The number of hydrogen-bond acceptors (Lipinski definition) is 3. The molecule has 0 spiro atoms. The second-order valence-electron chi connectivity index (χ2n) is 4.71. The molecule has 102 valence electrons. The van der Waals surface area contributed by atoms with Crippen molar-refractivity contribution in [1.29, 1.82) is 0 Å². The maximum atomic E-state index is 9.58. The van der Waals surface area contributed by atoms with E-state index in [0.717, 1.165) is 16.6 Å². The molecule has 3 rings (SSSR count). The van der Waals surface area contributed by atoms with Gasteiger partial charge >= 0.3 is 0 Å². The van der Waals surface area contributed by atoms with Gasteiger partial charge in [-0.2, -0.15) is 0 Å². The Bertz CT molecular complexity index is 762. The molecule has 3 aromatic rings. The lowest BCUT2D eigenvalue weighted by atomic mass is 10.1. The fourth-order valence-corrected chi connectivity index (χ4v) is 2.48. The van der Waals surface area contributed by atoms with Crippen LogP contribution in [0.2, 0.25) is 10.0 Å². The average Bonchev–Trinajstić information content (AvgIpc) is 2.79. The van der Waals surface area contributed by atoms with E-state index in [1.54, 1.807) is 12.1 Å². The highest BCUT2D eigenvalue weighted by Crippen LogP contribution is 2.37. The van der Waals surface area contributed by atoms with Gasteiger partial charge in [-0.3, -0.25) is 0 Å². The van der Waals surface area contributed by atoms with Crippen molar-refractivity contribution in [2.45, 2.75) is 13.8 Å². The summed E-state index contributed by atoms with van der Waals surface area (Å²) in [6.07, 6.45) is 0. The van der Waals surface area contributed by atoms with Crippen molar-refractivity contribution in [3.8, 4) is 17.2 Å². The van der Waals surface area contributed by atoms with E-state index in [-0.39, 0.29) is 15.8 Å².